The van der Waals surface area contributed by atoms with Crippen molar-refractivity contribution in [2.45, 2.75) is 50.2 Å². The van der Waals surface area contributed by atoms with Gasteiger partial charge in [0.1, 0.15) is 12.6 Å². The van der Waals surface area contributed by atoms with E-state index in [1.54, 1.807) is 36.4 Å². The Hall–Kier alpha value is -3.27. The lowest BCUT2D eigenvalue weighted by Crippen LogP contribution is -2.56. The van der Waals surface area contributed by atoms with E-state index < -0.39 is 40.0 Å². The van der Waals surface area contributed by atoms with Crippen LogP contribution in [-0.4, -0.2) is 43.3 Å². The van der Waals surface area contributed by atoms with Crippen molar-refractivity contribution in [3.8, 4) is 0 Å². The van der Waals surface area contributed by atoms with Gasteiger partial charge in [0.15, 0.2) is 0 Å². The average molecular weight is 722 g/mol. The minimum atomic E-state index is -4.35. The molecule has 0 fully saturated rings. The van der Waals surface area contributed by atoms with Crippen LogP contribution in [0, 0.1) is 0 Å². The standard InChI is InChI=1S/C34H33Cl4N3O4S/c1-34(2,3)39-33(43)30(20-23-12-6-4-7-13-23)40(21-25-26(35)16-10-17-27(25)36)31(42)22-41(29-19-11-18-28(37)32(29)38)46(44,45)24-14-8-5-9-15-24/h4-19,30H,20-22H2,1-3H3,(H,39,43). The lowest BCUT2D eigenvalue weighted by molar-refractivity contribution is -0.140. The summed E-state index contributed by atoms with van der Waals surface area (Å²) in [6, 6.07) is 25.2. The first-order chi connectivity index (χ1) is 21.7. The molecule has 0 saturated carbocycles. The predicted molar refractivity (Wildman–Crippen MR) is 186 cm³/mol. The molecular weight excluding hydrogens is 688 g/mol. The van der Waals surface area contributed by atoms with Crippen LogP contribution in [0.15, 0.2) is 102 Å². The Morgan fingerprint density at radius 3 is 1.89 bits per heavy atom. The van der Waals surface area contributed by atoms with E-state index in [1.807, 2.05) is 51.1 Å². The molecule has 0 aliphatic rings. The third-order valence-electron chi connectivity index (χ3n) is 6.97. The molecule has 0 aliphatic carbocycles. The fourth-order valence-corrected chi connectivity index (χ4v) is 7.19. The van der Waals surface area contributed by atoms with Gasteiger partial charge in [-0.25, -0.2) is 8.42 Å². The summed E-state index contributed by atoms with van der Waals surface area (Å²) in [6.07, 6.45) is 0.125. The Balaban J connectivity index is 1.88. The molecule has 46 heavy (non-hydrogen) atoms. The maximum atomic E-state index is 14.6. The number of amides is 2. The first-order valence-corrected chi connectivity index (χ1v) is 17.2. The number of nitrogens with zero attached hydrogens (tertiary/aromatic N) is 2. The molecule has 1 unspecified atom stereocenters. The average Bonchev–Trinajstić information content (AvgIpc) is 3.00. The molecule has 0 aromatic heterocycles. The fourth-order valence-electron chi connectivity index (χ4n) is 4.78. The van der Waals surface area contributed by atoms with Crippen LogP contribution in [0.25, 0.3) is 0 Å². The van der Waals surface area contributed by atoms with Gasteiger partial charge >= 0.3 is 0 Å². The Bertz CT molecular complexity index is 1780. The van der Waals surface area contributed by atoms with Gasteiger partial charge in [-0.05, 0) is 62.7 Å². The van der Waals surface area contributed by atoms with Gasteiger partial charge in [-0.15, -0.1) is 0 Å². The molecule has 0 heterocycles. The van der Waals surface area contributed by atoms with Crippen LogP contribution in [0.1, 0.15) is 31.9 Å². The normalized spacial score (nSPS) is 12.3. The summed E-state index contributed by atoms with van der Waals surface area (Å²) in [5, 5.41) is 3.60. The Morgan fingerprint density at radius 2 is 1.30 bits per heavy atom. The molecule has 0 aliphatic heterocycles. The number of sulfonamides is 1. The number of benzene rings is 4. The summed E-state index contributed by atoms with van der Waals surface area (Å²) in [5.41, 5.74) is 0.547. The van der Waals surface area contributed by atoms with Crippen molar-refractivity contribution in [2.75, 3.05) is 10.8 Å². The zero-order valence-corrected chi connectivity index (χ0v) is 29.2. The number of carbonyl (C=O) groups is 2. The fraction of sp³-hybridized carbons (Fsp3) is 0.235. The van der Waals surface area contributed by atoms with Crippen molar-refractivity contribution in [2.24, 2.45) is 0 Å². The molecule has 1 atom stereocenters. The van der Waals surface area contributed by atoms with Gasteiger partial charge < -0.3 is 10.2 Å². The second kappa shape index (κ2) is 15.1. The van der Waals surface area contributed by atoms with Crippen molar-refractivity contribution >= 4 is 73.9 Å². The maximum Gasteiger partial charge on any atom is 0.264 e. The lowest BCUT2D eigenvalue weighted by atomic mass is 10.0. The molecule has 0 saturated heterocycles. The van der Waals surface area contributed by atoms with Gasteiger partial charge in [0.2, 0.25) is 11.8 Å². The zero-order valence-electron chi connectivity index (χ0n) is 25.4. The van der Waals surface area contributed by atoms with Gasteiger partial charge in [-0.3, -0.25) is 13.9 Å². The molecule has 7 nitrogen and oxygen atoms in total. The topological polar surface area (TPSA) is 86.8 Å². The molecule has 0 spiro atoms. The summed E-state index contributed by atoms with van der Waals surface area (Å²) in [6.45, 7) is 4.59. The molecule has 2 amide bonds. The number of rotatable bonds is 11. The molecule has 242 valence electrons. The summed E-state index contributed by atoms with van der Waals surface area (Å²) in [7, 11) is -4.35. The van der Waals surface area contributed by atoms with Gasteiger partial charge in [0, 0.05) is 34.1 Å². The molecule has 4 aromatic rings. The largest absolute Gasteiger partial charge is 0.350 e. The maximum absolute atomic E-state index is 14.6. The number of nitrogens with one attached hydrogen (secondary N) is 1. The smallest absolute Gasteiger partial charge is 0.264 e. The number of anilines is 1. The van der Waals surface area contributed by atoms with Crippen LogP contribution in [0.2, 0.25) is 20.1 Å². The Kier molecular flexibility index (Phi) is 11.7. The molecule has 12 heteroatoms. The summed E-state index contributed by atoms with van der Waals surface area (Å²) >= 11 is 26.0. The van der Waals surface area contributed by atoms with Crippen LogP contribution in [0.4, 0.5) is 5.69 Å². The van der Waals surface area contributed by atoms with Crippen LogP contribution in [-0.2, 0) is 32.6 Å². The third kappa shape index (κ3) is 8.75. The highest BCUT2D eigenvalue weighted by atomic mass is 35.5. The van der Waals surface area contributed by atoms with E-state index in [-0.39, 0.29) is 43.6 Å². The predicted octanol–water partition coefficient (Wildman–Crippen LogP) is 8.05. The monoisotopic (exact) mass is 719 g/mol. The molecule has 1 N–H and O–H groups in total. The van der Waals surface area contributed by atoms with E-state index in [1.165, 1.54) is 35.2 Å². The Labute approximate surface area is 290 Å². The first-order valence-electron chi connectivity index (χ1n) is 14.3. The van der Waals surface area contributed by atoms with Gasteiger partial charge in [0.25, 0.3) is 10.0 Å². The first kappa shape index (κ1) is 35.6. The van der Waals surface area contributed by atoms with Gasteiger partial charge in [-0.2, -0.15) is 0 Å². The van der Waals surface area contributed by atoms with Crippen molar-refractivity contribution < 1.29 is 18.0 Å². The number of carbonyl (C=O) groups excluding carboxylic acids is 2. The molecule has 4 aromatic carbocycles. The van der Waals surface area contributed by atoms with Crippen molar-refractivity contribution in [1.29, 1.82) is 0 Å². The van der Waals surface area contributed by atoms with Crippen LogP contribution in [0.5, 0.6) is 0 Å². The van der Waals surface area contributed by atoms with E-state index in [4.69, 9.17) is 46.4 Å². The van der Waals surface area contributed by atoms with E-state index >= 15 is 0 Å². The number of hydrogen-bond donors (Lipinski definition) is 1. The molecule has 0 radical (unpaired) electrons. The second-order valence-corrected chi connectivity index (χ2v) is 15.0. The highest BCUT2D eigenvalue weighted by molar-refractivity contribution is 7.92. The van der Waals surface area contributed by atoms with Crippen LogP contribution in [0.3, 0.4) is 0 Å². The summed E-state index contributed by atoms with van der Waals surface area (Å²) < 4.78 is 29.2. The quantitative estimate of drug-likeness (QED) is 0.170. The SMILES string of the molecule is CC(C)(C)NC(=O)C(Cc1ccccc1)N(Cc1c(Cl)cccc1Cl)C(=O)CN(c1cccc(Cl)c1Cl)S(=O)(=O)c1ccccc1. The number of hydrogen-bond acceptors (Lipinski definition) is 4. The lowest BCUT2D eigenvalue weighted by Gasteiger charge is -2.35. The van der Waals surface area contributed by atoms with Crippen molar-refractivity contribution in [3.05, 3.63) is 128 Å². The highest BCUT2D eigenvalue weighted by Gasteiger charge is 2.36. The highest BCUT2D eigenvalue weighted by Crippen LogP contribution is 2.36. The number of halogens is 4. The minimum Gasteiger partial charge on any atom is -0.350 e. The third-order valence-corrected chi connectivity index (χ3v) is 10.3. The second-order valence-electron chi connectivity index (χ2n) is 11.6. The summed E-state index contributed by atoms with van der Waals surface area (Å²) in [4.78, 5) is 29.9. The molecule has 4 rings (SSSR count). The van der Waals surface area contributed by atoms with E-state index in [0.29, 0.717) is 5.56 Å². The molecular formula is C34H33Cl4N3O4S. The minimum absolute atomic E-state index is 0.000785. The van der Waals surface area contributed by atoms with E-state index in [9.17, 15) is 18.0 Å². The van der Waals surface area contributed by atoms with E-state index in [0.717, 1.165) is 9.87 Å². The summed E-state index contributed by atoms with van der Waals surface area (Å²) in [5.74, 6) is -1.14. The molecule has 0 bridgehead atoms. The van der Waals surface area contributed by atoms with Crippen molar-refractivity contribution in [1.82, 2.24) is 10.2 Å². The zero-order chi connectivity index (χ0) is 33.6. The van der Waals surface area contributed by atoms with Gasteiger partial charge in [-0.1, -0.05) is 107 Å². The van der Waals surface area contributed by atoms with Crippen molar-refractivity contribution in [3.63, 3.8) is 0 Å². The van der Waals surface area contributed by atoms with Gasteiger partial charge in [0.05, 0.1) is 20.6 Å². The van der Waals surface area contributed by atoms with Crippen LogP contribution >= 0.6 is 46.4 Å². The van der Waals surface area contributed by atoms with Crippen LogP contribution < -0.4 is 9.62 Å². The Morgan fingerprint density at radius 1 is 0.761 bits per heavy atom. The van der Waals surface area contributed by atoms with E-state index in [2.05, 4.69) is 5.32 Å².